The van der Waals surface area contributed by atoms with Crippen LogP contribution in [0.2, 0.25) is 0 Å². The maximum atomic E-state index is 12.3. The zero-order valence-corrected chi connectivity index (χ0v) is 11.7. The molecule has 0 spiro atoms. The highest BCUT2D eigenvalue weighted by Crippen LogP contribution is 2.26. The molecule has 2 rings (SSSR count). The first-order chi connectivity index (χ1) is 9.03. The number of piperidine rings is 1. The molecule has 0 aromatic heterocycles. The average molecular weight is 285 g/mol. The smallest absolute Gasteiger partial charge is 0.257 e. The largest absolute Gasteiger partial charge is 0.495 e. The highest BCUT2D eigenvalue weighted by Gasteiger charge is 2.23. The van der Waals surface area contributed by atoms with Crippen molar-refractivity contribution in [3.63, 3.8) is 0 Å². The predicted molar refractivity (Wildman–Crippen MR) is 73.2 cm³/mol. The number of nitrogens with zero attached hydrogens (tertiary/aromatic N) is 1. The van der Waals surface area contributed by atoms with E-state index in [2.05, 4.69) is 4.83 Å². The van der Waals surface area contributed by atoms with Gasteiger partial charge in [-0.15, -0.1) is 4.83 Å². The molecule has 1 aromatic carbocycles. The van der Waals surface area contributed by atoms with Gasteiger partial charge in [0.25, 0.3) is 10.0 Å². The lowest BCUT2D eigenvalue weighted by atomic mass is 10.2. The Labute approximate surface area is 113 Å². The lowest BCUT2D eigenvalue weighted by Gasteiger charge is -2.26. The van der Waals surface area contributed by atoms with E-state index in [1.54, 1.807) is 17.1 Å². The topological polar surface area (TPSA) is 84.7 Å². The number of hydrogen-bond acceptors (Lipinski definition) is 5. The number of benzene rings is 1. The summed E-state index contributed by atoms with van der Waals surface area (Å²) in [5.74, 6) is 0.290. The third-order valence-corrected chi connectivity index (χ3v) is 4.48. The Morgan fingerprint density at radius 3 is 2.58 bits per heavy atom. The van der Waals surface area contributed by atoms with Crippen LogP contribution in [-0.4, -0.2) is 33.6 Å². The van der Waals surface area contributed by atoms with Gasteiger partial charge in [-0.2, -0.15) is 0 Å². The zero-order chi connectivity index (χ0) is 13.9. The van der Waals surface area contributed by atoms with E-state index < -0.39 is 10.0 Å². The number of nitrogens with two attached hydrogens (primary N) is 1. The third kappa shape index (κ3) is 3.37. The number of nitrogen functional groups attached to an aromatic ring is 1. The molecule has 106 valence electrons. The average Bonchev–Trinajstić information content (AvgIpc) is 2.39. The Balaban J connectivity index is 2.25. The Hall–Kier alpha value is -1.31. The number of sulfonamides is 1. The number of methoxy groups -OCH3 is 1. The Kier molecular flexibility index (Phi) is 4.28. The molecule has 1 saturated heterocycles. The van der Waals surface area contributed by atoms with Crippen LogP contribution in [0.1, 0.15) is 19.3 Å². The van der Waals surface area contributed by atoms with Crippen LogP contribution in [0.5, 0.6) is 5.75 Å². The van der Waals surface area contributed by atoms with Crippen molar-refractivity contribution in [3.05, 3.63) is 18.2 Å². The number of anilines is 1. The number of rotatable bonds is 4. The van der Waals surface area contributed by atoms with Crippen LogP contribution in [-0.2, 0) is 10.0 Å². The van der Waals surface area contributed by atoms with Gasteiger partial charge in [0, 0.05) is 18.8 Å². The van der Waals surface area contributed by atoms with Crippen molar-refractivity contribution in [3.8, 4) is 5.75 Å². The summed E-state index contributed by atoms with van der Waals surface area (Å²) >= 11 is 0. The standard InChI is InChI=1S/C12H19N3O3S/c1-18-11-6-5-10(13)9-12(11)19(16,17)14-15-7-3-2-4-8-15/h5-6,9,14H,2-4,7-8,13H2,1H3. The highest BCUT2D eigenvalue weighted by atomic mass is 32.2. The minimum absolute atomic E-state index is 0.0700. The predicted octanol–water partition coefficient (Wildman–Crippen LogP) is 0.957. The molecule has 0 saturated carbocycles. The summed E-state index contributed by atoms with van der Waals surface area (Å²) in [6, 6.07) is 4.57. The van der Waals surface area contributed by atoms with Gasteiger partial charge < -0.3 is 10.5 Å². The zero-order valence-electron chi connectivity index (χ0n) is 10.9. The van der Waals surface area contributed by atoms with Crippen LogP contribution in [0.15, 0.2) is 23.1 Å². The SMILES string of the molecule is COc1ccc(N)cc1S(=O)(=O)NN1CCCCC1. The van der Waals surface area contributed by atoms with Gasteiger partial charge in [-0.1, -0.05) is 6.42 Å². The van der Waals surface area contributed by atoms with E-state index in [0.29, 0.717) is 11.4 Å². The molecule has 1 aromatic rings. The summed E-state index contributed by atoms with van der Waals surface area (Å²) in [6.45, 7) is 1.45. The number of nitrogens with one attached hydrogen (secondary N) is 1. The quantitative estimate of drug-likeness (QED) is 0.805. The van der Waals surface area contributed by atoms with E-state index in [1.165, 1.54) is 13.2 Å². The minimum atomic E-state index is -3.65. The summed E-state index contributed by atoms with van der Waals surface area (Å²) < 4.78 is 29.8. The van der Waals surface area contributed by atoms with Gasteiger partial charge >= 0.3 is 0 Å². The van der Waals surface area contributed by atoms with Gasteiger partial charge in [0.15, 0.2) is 0 Å². The summed E-state index contributed by atoms with van der Waals surface area (Å²) in [5, 5.41) is 1.72. The van der Waals surface area contributed by atoms with Crippen molar-refractivity contribution >= 4 is 15.7 Å². The maximum absolute atomic E-state index is 12.3. The van der Waals surface area contributed by atoms with E-state index >= 15 is 0 Å². The molecule has 7 heteroatoms. The fourth-order valence-corrected chi connectivity index (χ4v) is 3.44. The second-order valence-electron chi connectivity index (χ2n) is 4.55. The molecule has 0 amide bonds. The number of hydrogen-bond donors (Lipinski definition) is 2. The van der Waals surface area contributed by atoms with Crippen molar-refractivity contribution in [1.29, 1.82) is 0 Å². The molecule has 6 nitrogen and oxygen atoms in total. The van der Waals surface area contributed by atoms with Crippen LogP contribution in [0, 0.1) is 0 Å². The van der Waals surface area contributed by atoms with Crippen molar-refractivity contribution < 1.29 is 13.2 Å². The molecular weight excluding hydrogens is 266 g/mol. The molecule has 1 aliphatic rings. The molecule has 0 aliphatic carbocycles. The minimum Gasteiger partial charge on any atom is -0.495 e. The Morgan fingerprint density at radius 2 is 1.95 bits per heavy atom. The first-order valence-corrected chi connectivity index (χ1v) is 7.72. The fourth-order valence-electron chi connectivity index (χ4n) is 2.11. The number of hydrazine groups is 1. The molecule has 0 radical (unpaired) electrons. The second-order valence-corrected chi connectivity index (χ2v) is 6.18. The second kappa shape index (κ2) is 5.77. The highest BCUT2D eigenvalue weighted by molar-refractivity contribution is 7.89. The van der Waals surface area contributed by atoms with Crippen molar-refractivity contribution in [1.82, 2.24) is 9.84 Å². The van der Waals surface area contributed by atoms with Crippen LogP contribution in [0.25, 0.3) is 0 Å². The summed E-state index contributed by atoms with van der Waals surface area (Å²) in [4.78, 5) is 2.65. The Bertz CT molecular complexity index is 539. The van der Waals surface area contributed by atoms with Gasteiger partial charge in [-0.25, -0.2) is 13.4 Å². The molecule has 19 heavy (non-hydrogen) atoms. The number of ether oxygens (including phenoxy) is 1. The monoisotopic (exact) mass is 285 g/mol. The van der Waals surface area contributed by atoms with E-state index in [4.69, 9.17) is 10.5 Å². The van der Waals surface area contributed by atoms with Gasteiger partial charge in [-0.3, -0.25) is 0 Å². The normalized spacial score (nSPS) is 17.3. The van der Waals surface area contributed by atoms with Gasteiger partial charge in [-0.05, 0) is 31.0 Å². The molecule has 1 aliphatic heterocycles. The van der Waals surface area contributed by atoms with E-state index in [9.17, 15) is 8.42 Å². The molecule has 0 unspecified atom stereocenters. The van der Waals surface area contributed by atoms with Crippen LogP contribution in [0.3, 0.4) is 0 Å². The van der Waals surface area contributed by atoms with Gasteiger partial charge in [0.1, 0.15) is 10.6 Å². The summed E-state index contributed by atoms with van der Waals surface area (Å²) in [7, 11) is -2.22. The lowest BCUT2D eigenvalue weighted by molar-refractivity contribution is 0.199. The molecular formula is C12H19N3O3S. The lowest BCUT2D eigenvalue weighted by Crippen LogP contribution is -2.44. The third-order valence-electron chi connectivity index (χ3n) is 3.08. The summed E-state index contributed by atoms with van der Waals surface area (Å²) in [5.41, 5.74) is 6.04. The van der Waals surface area contributed by atoms with Crippen LogP contribution < -0.4 is 15.3 Å². The van der Waals surface area contributed by atoms with E-state index in [1.807, 2.05) is 0 Å². The van der Waals surface area contributed by atoms with E-state index in [0.717, 1.165) is 32.4 Å². The van der Waals surface area contributed by atoms with Crippen LogP contribution >= 0.6 is 0 Å². The van der Waals surface area contributed by atoms with Crippen LogP contribution in [0.4, 0.5) is 5.69 Å². The van der Waals surface area contributed by atoms with E-state index in [-0.39, 0.29) is 4.90 Å². The Morgan fingerprint density at radius 1 is 1.26 bits per heavy atom. The maximum Gasteiger partial charge on any atom is 0.257 e. The first-order valence-electron chi connectivity index (χ1n) is 6.24. The molecule has 0 atom stereocenters. The molecule has 1 heterocycles. The van der Waals surface area contributed by atoms with Crippen molar-refractivity contribution in [2.75, 3.05) is 25.9 Å². The molecule has 1 fully saturated rings. The summed E-state index contributed by atoms with van der Waals surface area (Å²) in [6.07, 6.45) is 3.13. The van der Waals surface area contributed by atoms with Gasteiger partial charge in [0.2, 0.25) is 0 Å². The first kappa shape index (κ1) is 14.1. The molecule has 0 bridgehead atoms. The fraction of sp³-hybridized carbons (Fsp3) is 0.500. The van der Waals surface area contributed by atoms with Gasteiger partial charge in [0.05, 0.1) is 7.11 Å². The molecule has 3 N–H and O–H groups in total. The van der Waals surface area contributed by atoms with Crippen molar-refractivity contribution in [2.24, 2.45) is 0 Å². The van der Waals surface area contributed by atoms with Crippen molar-refractivity contribution in [2.45, 2.75) is 24.2 Å².